The molecule has 0 aliphatic carbocycles. The first kappa shape index (κ1) is 17.1. The van der Waals surface area contributed by atoms with Crippen LogP contribution in [0.1, 0.15) is 12.5 Å². The highest BCUT2D eigenvalue weighted by Gasteiger charge is 2.21. The van der Waals surface area contributed by atoms with Crippen molar-refractivity contribution in [3.63, 3.8) is 0 Å². The van der Waals surface area contributed by atoms with E-state index in [1.165, 1.54) is 13.0 Å². The molecule has 0 heterocycles. The number of methoxy groups -OCH3 is 1. The van der Waals surface area contributed by atoms with Crippen molar-refractivity contribution in [1.82, 2.24) is 0 Å². The number of benzene rings is 1. The van der Waals surface area contributed by atoms with E-state index in [2.05, 4.69) is 10.1 Å². The normalized spacial score (nSPS) is 11.9. The summed E-state index contributed by atoms with van der Waals surface area (Å²) in [7, 11) is -3.25. The molecule has 0 bridgehead atoms. The van der Waals surface area contributed by atoms with Crippen LogP contribution in [0.3, 0.4) is 0 Å². The van der Waals surface area contributed by atoms with E-state index < -0.39 is 19.7 Å². The zero-order valence-electron chi connectivity index (χ0n) is 11.6. The molecule has 1 amide bonds. The number of rotatable bonds is 5. The monoisotopic (exact) mass is 313 g/mol. The van der Waals surface area contributed by atoms with Gasteiger partial charge in [0.05, 0.1) is 13.3 Å². The summed E-state index contributed by atoms with van der Waals surface area (Å²) in [4.78, 5) is 40.3. The number of carbonyl (C=O) groups excluding carboxylic acids is 2. The maximum absolute atomic E-state index is 11.5. The van der Waals surface area contributed by atoms with Gasteiger partial charge in [-0.3, -0.25) is 9.36 Å². The third-order valence-electron chi connectivity index (χ3n) is 2.40. The van der Waals surface area contributed by atoms with Gasteiger partial charge in [0.15, 0.2) is 0 Å². The average Bonchev–Trinajstić information content (AvgIpc) is 2.37. The Hall–Kier alpha value is -1.95. The minimum Gasteiger partial charge on any atom is -0.466 e. The molecule has 0 fully saturated rings. The second-order valence-electron chi connectivity index (χ2n) is 4.29. The lowest BCUT2D eigenvalue weighted by Gasteiger charge is -2.08. The Morgan fingerprint density at radius 3 is 2.29 bits per heavy atom. The third kappa shape index (κ3) is 6.35. The van der Waals surface area contributed by atoms with Crippen molar-refractivity contribution in [3.05, 3.63) is 35.4 Å². The van der Waals surface area contributed by atoms with Crippen LogP contribution in [0.4, 0.5) is 5.69 Å². The predicted octanol–water partition coefficient (Wildman–Crippen LogP) is 1.38. The van der Waals surface area contributed by atoms with Crippen molar-refractivity contribution >= 4 is 31.2 Å². The molecule has 1 aromatic carbocycles. The van der Waals surface area contributed by atoms with E-state index in [1.807, 2.05) is 0 Å². The lowest BCUT2D eigenvalue weighted by Crippen LogP contribution is -2.09. The first-order valence-corrected chi connectivity index (χ1v) is 7.72. The molecule has 0 aliphatic heterocycles. The van der Waals surface area contributed by atoms with E-state index in [0.717, 1.165) is 7.11 Å². The van der Waals surface area contributed by atoms with E-state index >= 15 is 0 Å². The van der Waals surface area contributed by atoms with Gasteiger partial charge in [0.1, 0.15) is 0 Å². The summed E-state index contributed by atoms with van der Waals surface area (Å²) in [5.41, 5.74) is 1.00. The molecule has 0 saturated carbocycles. The van der Waals surface area contributed by atoms with Crippen molar-refractivity contribution in [3.8, 4) is 0 Å². The minimum atomic E-state index is -4.38. The SMILES string of the molecule is COC(=O)/C(=C/c1ccc(NC(C)=O)cc1)CP(=O)(O)O. The summed E-state index contributed by atoms with van der Waals surface area (Å²) in [6.45, 7) is 1.38. The Morgan fingerprint density at radius 2 is 1.86 bits per heavy atom. The summed E-state index contributed by atoms with van der Waals surface area (Å²) in [6, 6.07) is 6.43. The molecule has 0 unspecified atom stereocenters. The van der Waals surface area contributed by atoms with E-state index in [4.69, 9.17) is 9.79 Å². The highest BCUT2D eigenvalue weighted by Crippen LogP contribution is 2.37. The largest absolute Gasteiger partial charge is 0.466 e. The quantitative estimate of drug-likeness (QED) is 0.430. The summed E-state index contributed by atoms with van der Waals surface area (Å²) >= 11 is 0. The summed E-state index contributed by atoms with van der Waals surface area (Å²) in [6.07, 6.45) is 0.635. The van der Waals surface area contributed by atoms with Gasteiger partial charge in [-0.2, -0.15) is 0 Å². The molecule has 8 heteroatoms. The molecular formula is C13H16NO6P. The zero-order chi connectivity index (χ0) is 16.0. The average molecular weight is 313 g/mol. The van der Waals surface area contributed by atoms with Gasteiger partial charge in [0, 0.05) is 18.2 Å². The van der Waals surface area contributed by atoms with Gasteiger partial charge in [-0.05, 0) is 23.8 Å². The highest BCUT2D eigenvalue weighted by atomic mass is 31.2. The molecule has 0 saturated heterocycles. The van der Waals surface area contributed by atoms with Crippen LogP contribution in [-0.2, 0) is 18.9 Å². The standard InChI is InChI=1S/C13H16NO6P/c1-9(15)14-12-5-3-10(4-6-12)7-11(13(16)20-2)8-21(17,18)19/h3-7H,8H2,1-2H3,(H,14,15)(H2,17,18,19)/b11-7+. The summed E-state index contributed by atoms with van der Waals surface area (Å²) in [5, 5.41) is 2.58. The fraction of sp³-hybridized carbons (Fsp3) is 0.231. The number of nitrogens with one attached hydrogen (secondary N) is 1. The van der Waals surface area contributed by atoms with Gasteiger partial charge in [0.25, 0.3) is 0 Å². The lowest BCUT2D eigenvalue weighted by atomic mass is 10.1. The molecule has 3 N–H and O–H groups in total. The fourth-order valence-corrected chi connectivity index (χ4v) is 2.25. The number of carbonyl (C=O) groups is 2. The van der Waals surface area contributed by atoms with Crippen molar-refractivity contribution in [1.29, 1.82) is 0 Å². The second-order valence-corrected chi connectivity index (χ2v) is 5.93. The van der Waals surface area contributed by atoms with Crippen LogP contribution in [0.25, 0.3) is 6.08 Å². The van der Waals surface area contributed by atoms with Gasteiger partial charge in [-0.25, -0.2) is 4.79 Å². The van der Waals surface area contributed by atoms with Crippen molar-refractivity contribution in [2.24, 2.45) is 0 Å². The first-order valence-electron chi connectivity index (χ1n) is 5.92. The van der Waals surface area contributed by atoms with Crippen LogP contribution in [0.15, 0.2) is 29.8 Å². The maximum Gasteiger partial charge on any atom is 0.334 e. The van der Waals surface area contributed by atoms with Crippen molar-refractivity contribution < 1.29 is 28.7 Å². The van der Waals surface area contributed by atoms with Crippen LogP contribution in [0.2, 0.25) is 0 Å². The number of anilines is 1. The second kappa shape index (κ2) is 7.17. The molecule has 114 valence electrons. The number of ether oxygens (including phenoxy) is 1. The van der Waals surface area contributed by atoms with E-state index in [9.17, 15) is 14.2 Å². The third-order valence-corrected chi connectivity index (χ3v) is 3.15. The van der Waals surface area contributed by atoms with Crippen LogP contribution in [0, 0.1) is 0 Å². The number of amides is 1. The van der Waals surface area contributed by atoms with Crippen LogP contribution < -0.4 is 5.32 Å². The van der Waals surface area contributed by atoms with E-state index in [-0.39, 0.29) is 11.5 Å². The fourth-order valence-electron chi connectivity index (χ4n) is 1.59. The number of hydrogen-bond acceptors (Lipinski definition) is 4. The van der Waals surface area contributed by atoms with Gasteiger partial charge in [-0.1, -0.05) is 12.1 Å². The Labute approximate surface area is 121 Å². The molecule has 7 nitrogen and oxygen atoms in total. The Morgan fingerprint density at radius 1 is 1.29 bits per heavy atom. The topological polar surface area (TPSA) is 113 Å². The van der Waals surface area contributed by atoms with Crippen LogP contribution in [-0.4, -0.2) is 34.9 Å². The molecule has 0 aliphatic rings. The molecule has 0 spiro atoms. The highest BCUT2D eigenvalue weighted by molar-refractivity contribution is 7.52. The Bertz CT molecular complexity index is 602. The summed E-state index contributed by atoms with van der Waals surface area (Å²) in [5.74, 6) is -1.01. The minimum absolute atomic E-state index is 0.127. The molecule has 21 heavy (non-hydrogen) atoms. The van der Waals surface area contributed by atoms with Gasteiger partial charge < -0.3 is 19.8 Å². The summed E-state index contributed by atoms with van der Waals surface area (Å²) < 4.78 is 15.5. The number of hydrogen-bond donors (Lipinski definition) is 3. The van der Waals surface area contributed by atoms with Crippen LogP contribution in [0.5, 0.6) is 0 Å². The smallest absolute Gasteiger partial charge is 0.334 e. The predicted molar refractivity (Wildman–Crippen MR) is 77.6 cm³/mol. The number of esters is 1. The Kier molecular flexibility index (Phi) is 5.84. The van der Waals surface area contributed by atoms with E-state index in [0.29, 0.717) is 11.3 Å². The van der Waals surface area contributed by atoms with Crippen molar-refractivity contribution in [2.45, 2.75) is 6.92 Å². The molecule has 0 atom stereocenters. The maximum atomic E-state index is 11.5. The van der Waals surface area contributed by atoms with Crippen molar-refractivity contribution in [2.75, 3.05) is 18.6 Å². The zero-order valence-corrected chi connectivity index (χ0v) is 12.5. The molecule has 0 aromatic heterocycles. The van der Waals surface area contributed by atoms with Gasteiger partial charge in [-0.15, -0.1) is 0 Å². The lowest BCUT2D eigenvalue weighted by molar-refractivity contribution is -0.135. The first-order chi connectivity index (χ1) is 9.71. The van der Waals surface area contributed by atoms with Gasteiger partial charge >= 0.3 is 13.6 Å². The van der Waals surface area contributed by atoms with Crippen LogP contribution >= 0.6 is 7.60 Å². The Balaban J connectivity index is 3.01. The molecule has 1 aromatic rings. The van der Waals surface area contributed by atoms with Gasteiger partial charge in [0.2, 0.25) is 5.91 Å². The van der Waals surface area contributed by atoms with E-state index in [1.54, 1.807) is 24.3 Å². The molecule has 0 radical (unpaired) electrons. The molecule has 1 rings (SSSR count). The molecular weight excluding hydrogens is 297 g/mol.